The van der Waals surface area contributed by atoms with E-state index in [1.54, 1.807) is 0 Å². The average molecular weight is 178 g/mol. The van der Waals surface area contributed by atoms with Gasteiger partial charge in [-0.3, -0.25) is 0 Å². The number of nitrogens with zero attached hydrogens (tertiary/aromatic N) is 1. The van der Waals surface area contributed by atoms with Crippen molar-refractivity contribution < 1.29 is 8.78 Å². The van der Waals surface area contributed by atoms with Crippen molar-refractivity contribution in [3.8, 4) is 0 Å². The molecule has 0 aromatic rings. The van der Waals surface area contributed by atoms with Gasteiger partial charge in [0.1, 0.15) is 0 Å². The van der Waals surface area contributed by atoms with Crippen LogP contribution in [0.2, 0.25) is 0 Å². The standard InChI is InChI=1S/C8H16F2N2/c9-8(10)7-2-1-4-12(6-7)5-3-11/h7-8H,1-6,11H2/t7-/m1/s1. The van der Waals surface area contributed by atoms with Crippen molar-refractivity contribution in [3.05, 3.63) is 0 Å². The molecule has 0 amide bonds. The summed E-state index contributed by atoms with van der Waals surface area (Å²) in [5.74, 6) is -0.426. The molecule has 1 aliphatic heterocycles. The number of hydrogen-bond acceptors (Lipinski definition) is 2. The molecule has 2 N–H and O–H groups in total. The molecule has 0 aliphatic carbocycles. The van der Waals surface area contributed by atoms with Gasteiger partial charge in [-0.15, -0.1) is 0 Å². The molecule has 2 nitrogen and oxygen atoms in total. The SMILES string of the molecule is NCCN1CCC[C@@H](C(F)F)C1. The van der Waals surface area contributed by atoms with Gasteiger partial charge in [0.05, 0.1) is 0 Å². The highest BCUT2D eigenvalue weighted by molar-refractivity contribution is 4.74. The van der Waals surface area contributed by atoms with Gasteiger partial charge in [0.2, 0.25) is 6.43 Å². The highest BCUT2D eigenvalue weighted by atomic mass is 19.3. The molecule has 1 atom stereocenters. The first-order valence-electron chi connectivity index (χ1n) is 4.44. The van der Waals surface area contributed by atoms with Crippen LogP contribution < -0.4 is 5.73 Å². The van der Waals surface area contributed by atoms with E-state index in [1.165, 1.54) is 0 Å². The molecule has 0 aromatic carbocycles. The van der Waals surface area contributed by atoms with E-state index in [9.17, 15) is 8.78 Å². The van der Waals surface area contributed by atoms with E-state index in [1.807, 2.05) is 4.90 Å². The lowest BCUT2D eigenvalue weighted by atomic mass is 9.99. The Morgan fingerprint density at radius 1 is 1.50 bits per heavy atom. The van der Waals surface area contributed by atoms with Gasteiger partial charge < -0.3 is 10.6 Å². The molecule has 0 unspecified atom stereocenters. The number of rotatable bonds is 3. The van der Waals surface area contributed by atoms with Gasteiger partial charge in [0.25, 0.3) is 0 Å². The Bertz CT molecular complexity index is 128. The van der Waals surface area contributed by atoms with Crippen molar-refractivity contribution in [3.63, 3.8) is 0 Å². The molecule has 1 saturated heterocycles. The number of piperidine rings is 1. The minimum Gasteiger partial charge on any atom is -0.329 e. The van der Waals surface area contributed by atoms with Gasteiger partial charge in [-0.2, -0.15) is 0 Å². The summed E-state index contributed by atoms with van der Waals surface area (Å²) in [4.78, 5) is 2.03. The maximum Gasteiger partial charge on any atom is 0.242 e. The summed E-state index contributed by atoms with van der Waals surface area (Å²) >= 11 is 0. The maximum atomic E-state index is 12.3. The zero-order chi connectivity index (χ0) is 8.97. The third-order valence-corrected chi connectivity index (χ3v) is 2.34. The van der Waals surface area contributed by atoms with Crippen molar-refractivity contribution >= 4 is 0 Å². The van der Waals surface area contributed by atoms with Gasteiger partial charge in [-0.1, -0.05) is 0 Å². The molecular formula is C8H16F2N2. The minimum absolute atomic E-state index is 0.426. The maximum absolute atomic E-state index is 12.3. The lowest BCUT2D eigenvalue weighted by Gasteiger charge is -2.31. The van der Waals surface area contributed by atoms with Crippen molar-refractivity contribution in [1.82, 2.24) is 4.90 Å². The van der Waals surface area contributed by atoms with Crippen LogP contribution in [0.1, 0.15) is 12.8 Å². The smallest absolute Gasteiger partial charge is 0.242 e. The summed E-state index contributed by atoms with van der Waals surface area (Å²) < 4.78 is 24.6. The molecule has 1 aliphatic rings. The Morgan fingerprint density at radius 2 is 2.25 bits per heavy atom. The van der Waals surface area contributed by atoms with E-state index < -0.39 is 12.3 Å². The molecule has 1 heterocycles. The van der Waals surface area contributed by atoms with Crippen LogP contribution in [0.4, 0.5) is 8.78 Å². The summed E-state index contributed by atoms with van der Waals surface area (Å²) in [5, 5.41) is 0. The fourth-order valence-electron chi connectivity index (χ4n) is 1.68. The predicted octanol–water partition coefficient (Wildman–Crippen LogP) is 0.922. The van der Waals surface area contributed by atoms with Gasteiger partial charge in [-0.05, 0) is 19.4 Å². The van der Waals surface area contributed by atoms with Crippen LogP contribution in [0.25, 0.3) is 0 Å². The Kier molecular flexibility index (Phi) is 3.88. The highest BCUT2D eigenvalue weighted by Crippen LogP contribution is 2.21. The zero-order valence-corrected chi connectivity index (χ0v) is 7.18. The highest BCUT2D eigenvalue weighted by Gasteiger charge is 2.26. The van der Waals surface area contributed by atoms with Gasteiger partial charge in [0, 0.05) is 25.6 Å². The van der Waals surface area contributed by atoms with Crippen LogP contribution in [-0.4, -0.2) is 37.5 Å². The lowest BCUT2D eigenvalue weighted by Crippen LogP contribution is -2.40. The molecule has 72 valence electrons. The average Bonchev–Trinajstić information content (AvgIpc) is 2.05. The van der Waals surface area contributed by atoms with Crippen LogP contribution >= 0.6 is 0 Å². The lowest BCUT2D eigenvalue weighted by molar-refractivity contribution is 0.0286. The number of hydrogen-bond donors (Lipinski definition) is 1. The van der Waals surface area contributed by atoms with Gasteiger partial charge in [-0.25, -0.2) is 8.78 Å². The van der Waals surface area contributed by atoms with Crippen molar-refractivity contribution in [2.24, 2.45) is 11.7 Å². The quantitative estimate of drug-likeness (QED) is 0.696. The summed E-state index contributed by atoms with van der Waals surface area (Å²) in [6, 6.07) is 0. The van der Waals surface area contributed by atoms with Crippen LogP contribution in [-0.2, 0) is 0 Å². The monoisotopic (exact) mass is 178 g/mol. The summed E-state index contributed by atoms with van der Waals surface area (Å²) in [6.07, 6.45) is -0.612. The fourth-order valence-corrected chi connectivity index (χ4v) is 1.68. The second kappa shape index (κ2) is 4.72. The van der Waals surface area contributed by atoms with Crippen LogP contribution in [0.3, 0.4) is 0 Å². The Labute approximate surface area is 71.7 Å². The van der Waals surface area contributed by atoms with Crippen LogP contribution in [0, 0.1) is 5.92 Å². The Morgan fingerprint density at radius 3 is 2.83 bits per heavy atom. The number of nitrogens with two attached hydrogens (primary N) is 1. The molecule has 4 heteroatoms. The number of alkyl halides is 2. The molecule has 0 spiro atoms. The first kappa shape index (κ1) is 9.86. The van der Waals surface area contributed by atoms with Crippen molar-refractivity contribution in [2.75, 3.05) is 26.2 Å². The van der Waals surface area contributed by atoms with Gasteiger partial charge >= 0.3 is 0 Å². The summed E-state index contributed by atoms with van der Waals surface area (Å²) in [7, 11) is 0. The molecule has 0 radical (unpaired) electrons. The summed E-state index contributed by atoms with van der Waals surface area (Å²) in [5.41, 5.74) is 5.35. The minimum atomic E-state index is -2.16. The van der Waals surface area contributed by atoms with Crippen LogP contribution in [0.5, 0.6) is 0 Å². The fraction of sp³-hybridized carbons (Fsp3) is 1.00. The third-order valence-electron chi connectivity index (χ3n) is 2.34. The first-order chi connectivity index (χ1) is 5.74. The number of likely N-dealkylation sites (tertiary alicyclic amines) is 1. The first-order valence-corrected chi connectivity index (χ1v) is 4.44. The molecule has 0 saturated carbocycles. The summed E-state index contributed by atoms with van der Waals surface area (Å²) in [6.45, 7) is 2.77. The Balaban J connectivity index is 2.30. The van der Waals surface area contributed by atoms with Crippen LogP contribution in [0.15, 0.2) is 0 Å². The van der Waals surface area contributed by atoms with E-state index in [2.05, 4.69) is 0 Å². The third kappa shape index (κ3) is 2.68. The second-order valence-corrected chi connectivity index (χ2v) is 3.33. The van der Waals surface area contributed by atoms with Crippen molar-refractivity contribution in [1.29, 1.82) is 0 Å². The van der Waals surface area contributed by atoms with Crippen molar-refractivity contribution in [2.45, 2.75) is 19.3 Å². The molecule has 1 fully saturated rings. The normalized spacial score (nSPS) is 26.5. The zero-order valence-electron chi connectivity index (χ0n) is 7.18. The molecular weight excluding hydrogens is 162 g/mol. The number of halogens is 2. The van der Waals surface area contributed by atoms with E-state index in [0.717, 1.165) is 19.5 Å². The van der Waals surface area contributed by atoms with E-state index in [-0.39, 0.29) is 0 Å². The topological polar surface area (TPSA) is 29.3 Å². The van der Waals surface area contributed by atoms with E-state index in [0.29, 0.717) is 19.5 Å². The van der Waals surface area contributed by atoms with E-state index in [4.69, 9.17) is 5.73 Å². The Hall–Kier alpha value is -0.220. The molecule has 1 rings (SSSR count). The van der Waals surface area contributed by atoms with E-state index >= 15 is 0 Å². The molecule has 0 bridgehead atoms. The largest absolute Gasteiger partial charge is 0.329 e. The molecule has 0 aromatic heterocycles. The van der Waals surface area contributed by atoms with Gasteiger partial charge in [0.15, 0.2) is 0 Å². The predicted molar refractivity (Wildman–Crippen MR) is 44.2 cm³/mol. The second-order valence-electron chi connectivity index (χ2n) is 3.33. The molecule has 12 heavy (non-hydrogen) atoms.